The van der Waals surface area contributed by atoms with Crippen molar-refractivity contribution in [2.24, 2.45) is 0 Å². The van der Waals surface area contributed by atoms with Gasteiger partial charge in [0, 0.05) is 5.56 Å². The zero-order chi connectivity index (χ0) is 20.2. The van der Waals surface area contributed by atoms with Crippen molar-refractivity contribution in [2.45, 2.75) is 38.1 Å². The summed E-state index contributed by atoms with van der Waals surface area (Å²) in [4.78, 5) is 25.4. The lowest BCUT2D eigenvalue weighted by molar-refractivity contribution is -0.173. The van der Waals surface area contributed by atoms with E-state index in [2.05, 4.69) is 26.8 Å². The summed E-state index contributed by atoms with van der Waals surface area (Å²) in [5.74, 6) is -0.195. The lowest BCUT2D eigenvalue weighted by Crippen LogP contribution is -2.27. The Kier molecular flexibility index (Phi) is 3.90. The highest BCUT2D eigenvalue weighted by Crippen LogP contribution is 2.44. The van der Waals surface area contributed by atoms with E-state index in [4.69, 9.17) is 14.2 Å². The highest BCUT2D eigenvalue weighted by Gasteiger charge is 2.54. The molecule has 2 fully saturated rings. The fourth-order valence-corrected chi connectivity index (χ4v) is 3.65. The van der Waals surface area contributed by atoms with Crippen LogP contribution in [0.2, 0.25) is 0 Å². The number of amides is 1. The van der Waals surface area contributed by atoms with Crippen molar-refractivity contribution in [3.05, 3.63) is 60.9 Å². The quantitative estimate of drug-likeness (QED) is 0.730. The first-order valence-corrected chi connectivity index (χ1v) is 9.18. The van der Waals surface area contributed by atoms with Gasteiger partial charge in [0.05, 0.1) is 0 Å². The van der Waals surface area contributed by atoms with Crippen LogP contribution in [0.15, 0.2) is 55.3 Å². The lowest BCUT2D eigenvalue weighted by atomic mass is 10.2. The average Bonchev–Trinajstić information content (AvgIpc) is 3.35. The number of hydrogen-bond acceptors (Lipinski definition) is 7. The molecule has 1 unspecified atom stereocenters. The van der Waals surface area contributed by atoms with E-state index in [1.807, 2.05) is 19.9 Å². The van der Waals surface area contributed by atoms with Crippen LogP contribution in [-0.2, 0) is 14.2 Å². The minimum atomic E-state index is -0.736. The van der Waals surface area contributed by atoms with E-state index in [-0.39, 0.29) is 18.1 Å². The third-order valence-electron chi connectivity index (χ3n) is 4.90. The second-order valence-electron chi connectivity index (χ2n) is 7.36. The number of rotatable bonds is 3. The molecule has 1 N–H and O–H groups in total. The molecule has 5 rings (SSSR count). The molecule has 2 saturated heterocycles. The predicted octanol–water partition coefficient (Wildman–Crippen LogP) is 2.64. The normalized spacial score (nSPS) is 25.0. The topological polar surface area (TPSA) is 100 Å². The molecular weight excluding hydrogens is 374 g/mol. The molecule has 0 saturated carbocycles. The number of benzene rings is 1. The van der Waals surface area contributed by atoms with Gasteiger partial charge in [0.1, 0.15) is 24.5 Å². The summed E-state index contributed by atoms with van der Waals surface area (Å²) in [6.07, 6.45) is 1.68. The average molecular weight is 393 g/mol. The van der Waals surface area contributed by atoms with Crippen molar-refractivity contribution in [3.8, 4) is 0 Å². The summed E-state index contributed by atoms with van der Waals surface area (Å²) in [5, 5.41) is 2.79. The molecule has 9 nitrogen and oxygen atoms in total. The number of nitrogens with one attached hydrogen (secondary N) is 1. The van der Waals surface area contributed by atoms with Crippen LogP contribution in [0.3, 0.4) is 0 Å². The number of carbonyl (C=O) groups is 1. The van der Waals surface area contributed by atoms with Gasteiger partial charge in [-0.15, -0.1) is 0 Å². The third-order valence-corrected chi connectivity index (χ3v) is 4.90. The fourth-order valence-electron chi connectivity index (χ4n) is 3.65. The zero-order valence-electron chi connectivity index (χ0n) is 15.9. The zero-order valence-corrected chi connectivity index (χ0v) is 15.9. The monoisotopic (exact) mass is 393 g/mol. The molecular formula is C20H19N5O4. The number of imidazole rings is 1. The molecule has 1 amide bonds. The SMILES string of the molecule is C=C1O[C@@H](n2cnc3c(NC(=O)c4ccccc4)ncnc32)[C@H]2OC(C)(C)OC12. The Hall–Kier alpha value is -3.30. The number of aromatic nitrogens is 4. The largest absolute Gasteiger partial charge is 0.469 e. The number of ether oxygens (including phenoxy) is 3. The number of fused-ring (bicyclic) bond motifs is 2. The van der Waals surface area contributed by atoms with Gasteiger partial charge < -0.3 is 19.5 Å². The summed E-state index contributed by atoms with van der Waals surface area (Å²) in [6.45, 7) is 7.64. The summed E-state index contributed by atoms with van der Waals surface area (Å²) < 4.78 is 19.5. The predicted molar refractivity (Wildman–Crippen MR) is 103 cm³/mol. The lowest BCUT2D eigenvalue weighted by Gasteiger charge is -2.23. The van der Waals surface area contributed by atoms with Crippen LogP contribution in [0.1, 0.15) is 30.4 Å². The Labute approximate surface area is 166 Å². The molecule has 1 aromatic carbocycles. The second-order valence-corrected chi connectivity index (χ2v) is 7.36. The minimum absolute atomic E-state index is 0.278. The molecule has 0 spiro atoms. The maximum absolute atomic E-state index is 12.5. The molecule has 9 heteroatoms. The molecule has 0 bridgehead atoms. The van der Waals surface area contributed by atoms with Crippen LogP contribution < -0.4 is 5.32 Å². The van der Waals surface area contributed by atoms with Crippen LogP contribution >= 0.6 is 0 Å². The van der Waals surface area contributed by atoms with E-state index in [0.29, 0.717) is 28.3 Å². The van der Waals surface area contributed by atoms with E-state index in [9.17, 15) is 4.79 Å². The fraction of sp³-hybridized carbons (Fsp3) is 0.300. The van der Waals surface area contributed by atoms with Crippen molar-refractivity contribution in [3.63, 3.8) is 0 Å². The van der Waals surface area contributed by atoms with Crippen LogP contribution in [0.4, 0.5) is 5.82 Å². The Balaban J connectivity index is 1.48. The van der Waals surface area contributed by atoms with E-state index in [0.717, 1.165) is 0 Å². The van der Waals surface area contributed by atoms with Crippen LogP contribution in [0.25, 0.3) is 11.2 Å². The number of carbonyl (C=O) groups excluding carboxylic acids is 1. The maximum Gasteiger partial charge on any atom is 0.256 e. The highest BCUT2D eigenvalue weighted by atomic mass is 16.8. The van der Waals surface area contributed by atoms with Crippen molar-refractivity contribution < 1.29 is 19.0 Å². The van der Waals surface area contributed by atoms with Gasteiger partial charge in [-0.05, 0) is 26.0 Å². The summed E-state index contributed by atoms with van der Waals surface area (Å²) in [7, 11) is 0. The molecule has 29 heavy (non-hydrogen) atoms. The Morgan fingerprint density at radius 3 is 2.76 bits per heavy atom. The molecule has 2 aliphatic heterocycles. The molecule has 0 radical (unpaired) electrons. The van der Waals surface area contributed by atoms with Crippen molar-refractivity contribution >= 4 is 22.9 Å². The van der Waals surface area contributed by atoms with Crippen molar-refractivity contribution in [2.75, 3.05) is 5.32 Å². The Bertz CT molecular complexity index is 1110. The first-order valence-electron chi connectivity index (χ1n) is 9.18. The smallest absolute Gasteiger partial charge is 0.256 e. The van der Waals surface area contributed by atoms with Gasteiger partial charge >= 0.3 is 0 Å². The van der Waals surface area contributed by atoms with Gasteiger partial charge in [-0.2, -0.15) is 0 Å². The van der Waals surface area contributed by atoms with Crippen LogP contribution in [0, 0.1) is 0 Å². The Morgan fingerprint density at radius 1 is 1.17 bits per heavy atom. The number of anilines is 1. The standard InChI is InChI=1S/C20H19N5O4/c1-11-14-15(29-20(2,3)28-14)19(27-11)25-10-23-13-16(21-9-22-17(13)25)24-18(26)12-7-5-4-6-8-12/h4-10,14-15,19H,1H2,2-3H3,(H,21,22,24,26)/t14?,15-,19+/m0/s1. The van der Waals surface area contributed by atoms with Gasteiger partial charge in [0.15, 0.2) is 28.9 Å². The summed E-state index contributed by atoms with van der Waals surface area (Å²) >= 11 is 0. The molecule has 2 aliphatic rings. The van der Waals surface area contributed by atoms with E-state index in [1.165, 1.54) is 6.33 Å². The van der Waals surface area contributed by atoms with Gasteiger partial charge in [0.25, 0.3) is 5.91 Å². The molecule has 4 heterocycles. The summed E-state index contributed by atoms with van der Waals surface area (Å²) in [5.41, 5.74) is 1.48. The molecule has 3 atom stereocenters. The second kappa shape index (κ2) is 6.36. The third kappa shape index (κ3) is 2.95. The first-order chi connectivity index (χ1) is 13.9. The van der Waals surface area contributed by atoms with E-state index < -0.39 is 12.0 Å². The molecule has 2 aromatic heterocycles. The van der Waals surface area contributed by atoms with Gasteiger partial charge in [-0.1, -0.05) is 24.8 Å². The summed E-state index contributed by atoms with van der Waals surface area (Å²) in [6, 6.07) is 8.89. The number of nitrogens with zero attached hydrogens (tertiary/aromatic N) is 4. The van der Waals surface area contributed by atoms with Crippen molar-refractivity contribution in [1.82, 2.24) is 19.5 Å². The van der Waals surface area contributed by atoms with Crippen molar-refractivity contribution in [1.29, 1.82) is 0 Å². The van der Waals surface area contributed by atoms with E-state index >= 15 is 0 Å². The molecule has 3 aromatic rings. The van der Waals surface area contributed by atoms with Gasteiger partial charge in [0.2, 0.25) is 6.23 Å². The number of hydrogen-bond donors (Lipinski definition) is 1. The van der Waals surface area contributed by atoms with Crippen LogP contribution in [0.5, 0.6) is 0 Å². The highest BCUT2D eigenvalue weighted by molar-refractivity contribution is 6.06. The Morgan fingerprint density at radius 2 is 1.97 bits per heavy atom. The van der Waals surface area contributed by atoms with Gasteiger partial charge in [-0.25, -0.2) is 15.0 Å². The van der Waals surface area contributed by atoms with Crippen LogP contribution in [-0.4, -0.2) is 43.4 Å². The minimum Gasteiger partial charge on any atom is -0.469 e. The first kappa shape index (κ1) is 17.8. The van der Waals surface area contributed by atoms with E-state index in [1.54, 1.807) is 35.2 Å². The van der Waals surface area contributed by atoms with Gasteiger partial charge in [-0.3, -0.25) is 9.36 Å². The molecule has 148 valence electrons. The maximum atomic E-state index is 12.5. The molecule has 0 aliphatic carbocycles.